The zero-order valence-electron chi connectivity index (χ0n) is 18.6. The van der Waals surface area contributed by atoms with Crippen LogP contribution in [0.15, 0.2) is 29.3 Å². The normalized spacial score (nSPS) is 21.0. The highest BCUT2D eigenvalue weighted by Gasteiger charge is 2.25. The van der Waals surface area contributed by atoms with E-state index < -0.39 is 10.0 Å². The molecule has 2 saturated heterocycles. The Labute approximate surface area is 182 Å². The van der Waals surface area contributed by atoms with E-state index in [2.05, 4.69) is 51.7 Å². The van der Waals surface area contributed by atoms with Gasteiger partial charge >= 0.3 is 0 Å². The molecule has 1 aromatic carbocycles. The van der Waals surface area contributed by atoms with Crippen molar-refractivity contribution in [1.82, 2.24) is 19.8 Å². The number of piperidine rings is 2. The quantitative estimate of drug-likeness (QED) is 0.526. The lowest BCUT2D eigenvalue weighted by Gasteiger charge is -2.34. The molecule has 1 aromatic rings. The fraction of sp³-hybridized carbons (Fsp3) is 0.682. The lowest BCUT2D eigenvalue weighted by Crippen LogP contribution is -2.50. The highest BCUT2D eigenvalue weighted by atomic mass is 32.2. The standard InChI is InChI=1S/C22H37N5O2S/c1-18-6-4-5-7-20(18)17-26-12-10-21(11-13-26)25-22(23-2)24-16-19-8-14-27(15-9-19)30(3,28)29/h4-7,19,21H,8-17H2,1-3H3,(H2,23,24,25). The summed E-state index contributed by atoms with van der Waals surface area (Å²) in [5.74, 6) is 1.34. The van der Waals surface area contributed by atoms with E-state index in [0.717, 1.165) is 57.8 Å². The number of sulfonamides is 1. The van der Waals surface area contributed by atoms with Crippen LogP contribution in [0.3, 0.4) is 0 Å². The Kier molecular flexibility index (Phi) is 8.13. The van der Waals surface area contributed by atoms with Crippen molar-refractivity contribution >= 4 is 16.0 Å². The van der Waals surface area contributed by atoms with E-state index in [4.69, 9.17) is 0 Å². The van der Waals surface area contributed by atoms with Crippen molar-refractivity contribution in [2.24, 2.45) is 10.9 Å². The number of rotatable bonds is 6. The predicted molar refractivity (Wildman–Crippen MR) is 123 cm³/mol. The number of benzene rings is 1. The van der Waals surface area contributed by atoms with Crippen LogP contribution in [0.5, 0.6) is 0 Å². The molecule has 8 heteroatoms. The monoisotopic (exact) mass is 435 g/mol. The maximum atomic E-state index is 11.6. The van der Waals surface area contributed by atoms with Gasteiger partial charge in [0.2, 0.25) is 10.0 Å². The van der Waals surface area contributed by atoms with Crippen LogP contribution in [0, 0.1) is 12.8 Å². The summed E-state index contributed by atoms with van der Waals surface area (Å²) >= 11 is 0. The second kappa shape index (κ2) is 10.6. The topological polar surface area (TPSA) is 77.0 Å². The molecular formula is C22H37N5O2S. The first kappa shape index (κ1) is 23.0. The molecule has 0 bridgehead atoms. The molecule has 0 radical (unpaired) electrons. The van der Waals surface area contributed by atoms with Crippen molar-refractivity contribution < 1.29 is 8.42 Å². The average molecular weight is 436 g/mol. The van der Waals surface area contributed by atoms with Gasteiger partial charge in [-0.15, -0.1) is 0 Å². The van der Waals surface area contributed by atoms with Gasteiger partial charge in [-0.3, -0.25) is 9.89 Å². The summed E-state index contributed by atoms with van der Waals surface area (Å²) < 4.78 is 24.9. The molecule has 30 heavy (non-hydrogen) atoms. The zero-order valence-corrected chi connectivity index (χ0v) is 19.4. The molecule has 7 nitrogen and oxygen atoms in total. The van der Waals surface area contributed by atoms with Crippen LogP contribution in [0.25, 0.3) is 0 Å². The minimum absolute atomic E-state index is 0.441. The van der Waals surface area contributed by atoms with Crippen molar-refractivity contribution in [2.45, 2.75) is 45.2 Å². The van der Waals surface area contributed by atoms with Crippen molar-refractivity contribution in [3.63, 3.8) is 0 Å². The number of nitrogens with zero attached hydrogens (tertiary/aromatic N) is 3. The highest BCUT2D eigenvalue weighted by Crippen LogP contribution is 2.19. The summed E-state index contributed by atoms with van der Waals surface area (Å²) in [6.45, 7) is 7.47. The Bertz CT molecular complexity index is 811. The summed E-state index contributed by atoms with van der Waals surface area (Å²) in [4.78, 5) is 6.93. The number of aryl methyl sites for hydroxylation is 1. The van der Waals surface area contributed by atoms with E-state index in [1.807, 2.05) is 7.05 Å². The molecule has 0 aromatic heterocycles. The third-order valence-corrected chi connectivity index (χ3v) is 7.71. The van der Waals surface area contributed by atoms with Gasteiger partial charge in [0, 0.05) is 52.4 Å². The van der Waals surface area contributed by atoms with Crippen LogP contribution in [0.2, 0.25) is 0 Å². The van der Waals surface area contributed by atoms with E-state index in [1.54, 1.807) is 4.31 Å². The summed E-state index contributed by atoms with van der Waals surface area (Å²) in [5, 5.41) is 7.04. The summed E-state index contributed by atoms with van der Waals surface area (Å²) in [7, 11) is -1.24. The van der Waals surface area contributed by atoms with Gasteiger partial charge in [-0.25, -0.2) is 12.7 Å². The molecule has 0 amide bonds. The molecule has 0 saturated carbocycles. The van der Waals surface area contributed by atoms with E-state index >= 15 is 0 Å². The molecule has 2 fully saturated rings. The van der Waals surface area contributed by atoms with E-state index in [9.17, 15) is 8.42 Å². The predicted octanol–water partition coefficient (Wildman–Crippen LogP) is 1.80. The molecule has 0 atom stereocenters. The highest BCUT2D eigenvalue weighted by molar-refractivity contribution is 7.88. The lowest BCUT2D eigenvalue weighted by molar-refractivity contribution is 0.198. The van der Waals surface area contributed by atoms with Crippen LogP contribution in [0.4, 0.5) is 0 Å². The van der Waals surface area contributed by atoms with Crippen molar-refractivity contribution in [2.75, 3.05) is 46.0 Å². The number of aliphatic imine (C=N–C) groups is 1. The molecule has 2 N–H and O–H groups in total. The van der Waals surface area contributed by atoms with Crippen molar-refractivity contribution in [3.05, 3.63) is 35.4 Å². The fourth-order valence-electron chi connectivity index (χ4n) is 4.34. The Hall–Kier alpha value is -1.64. The maximum absolute atomic E-state index is 11.6. The summed E-state index contributed by atoms with van der Waals surface area (Å²) in [6.07, 6.45) is 5.31. The van der Waals surface area contributed by atoms with Crippen LogP contribution in [-0.4, -0.2) is 75.7 Å². The summed E-state index contributed by atoms with van der Waals surface area (Å²) in [6, 6.07) is 9.08. The molecule has 0 spiro atoms. The van der Waals surface area contributed by atoms with E-state index in [-0.39, 0.29) is 0 Å². The number of hydrogen-bond donors (Lipinski definition) is 2. The third kappa shape index (κ3) is 6.68. The molecule has 3 rings (SSSR count). The zero-order chi connectivity index (χ0) is 21.6. The van der Waals surface area contributed by atoms with Crippen LogP contribution in [-0.2, 0) is 16.6 Å². The van der Waals surface area contributed by atoms with Gasteiger partial charge in [-0.05, 0) is 49.7 Å². The minimum Gasteiger partial charge on any atom is -0.356 e. The second-order valence-corrected chi connectivity index (χ2v) is 10.7. The molecular weight excluding hydrogens is 398 g/mol. The number of hydrogen-bond acceptors (Lipinski definition) is 4. The Morgan fingerprint density at radius 1 is 1.10 bits per heavy atom. The number of likely N-dealkylation sites (tertiary alicyclic amines) is 1. The molecule has 0 aliphatic carbocycles. The third-order valence-electron chi connectivity index (χ3n) is 6.41. The number of guanidine groups is 1. The van der Waals surface area contributed by atoms with Gasteiger partial charge in [-0.1, -0.05) is 24.3 Å². The first-order chi connectivity index (χ1) is 14.3. The first-order valence-electron chi connectivity index (χ1n) is 11.0. The van der Waals surface area contributed by atoms with E-state index in [1.165, 1.54) is 17.4 Å². The van der Waals surface area contributed by atoms with Crippen LogP contribution >= 0.6 is 0 Å². The Balaban J connectivity index is 1.37. The summed E-state index contributed by atoms with van der Waals surface area (Å²) in [5.41, 5.74) is 2.79. The van der Waals surface area contributed by atoms with Crippen LogP contribution in [0.1, 0.15) is 36.8 Å². The lowest BCUT2D eigenvalue weighted by atomic mass is 9.98. The van der Waals surface area contributed by atoms with Gasteiger partial charge in [0.1, 0.15) is 0 Å². The minimum atomic E-state index is -3.06. The maximum Gasteiger partial charge on any atom is 0.211 e. The first-order valence-corrected chi connectivity index (χ1v) is 12.9. The molecule has 2 aliphatic rings. The molecule has 2 heterocycles. The van der Waals surface area contributed by atoms with Gasteiger partial charge in [0.15, 0.2) is 5.96 Å². The molecule has 168 valence electrons. The average Bonchev–Trinajstić information content (AvgIpc) is 2.73. The van der Waals surface area contributed by atoms with Gasteiger partial charge in [-0.2, -0.15) is 0 Å². The fourth-order valence-corrected chi connectivity index (χ4v) is 5.21. The van der Waals surface area contributed by atoms with Crippen molar-refractivity contribution in [3.8, 4) is 0 Å². The van der Waals surface area contributed by atoms with Gasteiger partial charge < -0.3 is 10.6 Å². The van der Waals surface area contributed by atoms with Crippen LogP contribution < -0.4 is 10.6 Å². The largest absolute Gasteiger partial charge is 0.356 e. The Morgan fingerprint density at radius 2 is 1.77 bits per heavy atom. The second-order valence-electron chi connectivity index (χ2n) is 8.68. The smallest absolute Gasteiger partial charge is 0.211 e. The van der Waals surface area contributed by atoms with Gasteiger partial charge in [0.25, 0.3) is 0 Å². The van der Waals surface area contributed by atoms with Crippen molar-refractivity contribution in [1.29, 1.82) is 0 Å². The SMILES string of the molecule is CN=C(NCC1CCN(S(C)(=O)=O)CC1)NC1CCN(Cc2ccccc2C)CC1. The molecule has 0 unspecified atom stereocenters. The van der Waals surface area contributed by atoms with Gasteiger partial charge in [0.05, 0.1) is 6.26 Å². The van der Waals surface area contributed by atoms with E-state index in [0.29, 0.717) is 25.0 Å². The number of nitrogens with one attached hydrogen (secondary N) is 2. The molecule has 2 aliphatic heterocycles. The Morgan fingerprint density at radius 3 is 2.37 bits per heavy atom.